The third kappa shape index (κ3) is 1.28. The van der Waals surface area contributed by atoms with Crippen molar-refractivity contribution in [3.05, 3.63) is 35.4 Å². The van der Waals surface area contributed by atoms with E-state index in [1.807, 2.05) is 18.2 Å². The topological polar surface area (TPSA) is 29.4 Å². The second kappa shape index (κ2) is 3.13. The predicted octanol–water partition coefficient (Wildman–Crippen LogP) is 1.62. The van der Waals surface area contributed by atoms with Gasteiger partial charge in [0.1, 0.15) is 5.71 Å². The molecule has 13 heavy (non-hydrogen) atoms. The van der Waals surface area contributed by atoms with Crippen LogP contribution in [-0.2, 0) is 11.2 Å². The van der Waals surface area contributed by atoms with Gasteiger partial charge < -0.3 is 0 Å². The molecular weight excluding hydrogens is 162 g/mol. The van der Waals surface area contributed by atoms with Crippen LogP contribution in [0.2, 0.25) is 0 Å². The summed E-state index contributed by atoms with van der Waals surface area (Å²) in [7, 11) is 1.68. The Balaban J connectivity index is 2.58. The molecule has 1 aliphatic rings. The summed E-state index contributed by atoms with van der Waals surface area (Å²) in [6.07, 6.45) is 1.46. The fraction of sp³-hybridized carbons (Fsp3) is 0.273. The lowest BCUT2D eigenvalue weighted by atomic mass is 9.89. The Morgan fingerprint density at radius 3 is 2.77 bits per heavy atom. The molecule has 0 heterocycles. The summed E-state index contributed by atoms with van der Waals surface area (Å²) in [6, 6.07) is 7.98. The van der Waals surface area contributed by atoms with Crippen molar-refractivity contribution in [2.24, 2.45) is 4.99 Å². The third-order valence-electron chi connectivity index (χ3n) is 2.38. The number of hydrogen-bond acceptors (Lipinski definition) is 2. The molecule has 0 spiro atoms. The fourth-order valence-corrected chi connectivity index (χ4v) is 1.73. The van der Waals surface area contributed by atoms with Gasteiger partial charge in [-0.1, -0.05) is 24.3 Å². The largest absolute Gasteiger partial charge is 0.292 e. The van der Waals surface area contributed by atoms with Gasteiger partial charge >= 0.3 is 0 Å². The minimum Gasteiger partial charge on any atom is -0.292 e. The van der Waals surface area contributed by atoms with Crippen molar-refractivity contribution in [3.63, 3.8) is 0 Å². The van der Waals surface area contributed by atoms with Gasteiger partial charge in [-0.2, -0.15) is 0 Å². The molecule has 66 valence electrons. The first kappa shape index (κ1) is 8.17. The van der Waals surface area contributed by atoms with Crippen LogP contribution in [0.5, 0.6) is 0 Å². The summed E-state index contributed by atoms with van der Waals surface area (Å²) in [5, 5.41) is 0. The molecule has 0 fully saturated rings. The maximum absolute atomic E-state index is 11.5. The van der Waals surface area contributed by atoms with Crippen molar-refractivity contribution in [3.8, 4) is 0 Å². The third-order valence-corrected chi connectivity index (χ3v) is 2.38. The number of Topliss-reactive ketones (excluding diaryl/α,β-unsaturated/α-hetero) is 1. The SMILES string of the molecule is CN=C1C(=O)CCc2ccccc21. The van der Waals surface area contributed by atoms with Crippen molar-refractivity contribution in [2.45, 2.75) is 12.8 Å². The van der Waals surface area contributed by atoms with Crippen LogP contribution in [0.3, 0.4) is 0 Å². The van der Waals surface area contributed by atoms with Gasteiger partial charge in [0.25, 0.3) is 0 Å². The first-order chi connectivity index (χ1) is 6.33. The summed E-state index contributed by atoms with van der Waals surface area (Å²) < 4.78 is 0. The second-order valence-electron chi connectivity index (χ2n) is 3.15. The van der Waals surface area contributed by atoms with E-state index < -0.39 is 0 Å². The van der Waals surface area contributed by atoms with Gasteiger partial charge in [0.2, 0.25) is 0 Å². The summed E-state index contributed by atoms with van der Waals surface area (Å²) in [6.45, 7) is 0. The Bertz CT molecular complexity index is 379. The van der Waals surface area contributed by atoms with Gasteiger partial charge in [-0.05, 0) is 12.0 Å². The highest BCUT2D eigenvalue weighted by Crippen LogP contribution is 2.18. The van der Waals surface area contributed by atoms with Crippen molar-refractivity contribution >= 4 is 11.5 Å². The molecule has 1 aliphatic carbocycles. The molecular formula is C11H11NO. The first-order valence-electron chi connectivity index (χ1n) is 4.41. The molecule has 0 aromatic heterocycles. The number of ketones is 1. The van der Waals surface area contributed by atoms with Crippen molar-refractivity contribution < 1.29 is 4.79 Å². The molecule has 0 atom stereocenters. The number of aryl methyl sites for hydroxylation is 1. The van der Waals surface area contributed by atoms with E-state index in [4.69, 9.17) is 0 Å². The van der Waals surface area contributed by atoms with Gasteiger partial charge in [-0.15, -0.1) is 0 Å². The summed E-state index contributed by atoms with van der Waals surface area (Å²) in [5.41, 5.74) is 2.89. The van der Waals surface area contributed by atoms with E-state index >= 15 is 0 Å². The zero-order valence-corrected chi connectivity index (χ0v) is 7.58. The smallest absolute Gasteiger partial charge is 0.181 e. The summed E-state index contributed by atoms with van der Waals surface area (Å²) in [4.78, 5) is 15.5. The minimum atomic E-state index is 0.168. The standard InChI is InChI=1S/C11H11NO/c1-12-11-9-5-3-2-4-8(9)6-7-10(11)13/h2-5H,6-7H2,1H3. The molecule has 0 radical (unpaired) electrons. The lowest BCUT2D eigenvalue weighted by Gasteiger charge is -2.15. The molecule has 0 saturated heterocycles. The number of benzene rings is 1. The monoisotopic (exact) mass is 173 g/mol. The highest BCUT2D eigenvalue weighted by atomic mass is 16.1. The quantitative estimate of drug-likeness (QED) is 0.586. The van der Waals surface area contributed by atoms with Gasteiger partial charge in [0.05, 0.1) is 0 Å². The number of carbonyl (C=O) groups is 1. The Kier molecular flexibility index (Phi) is 1.97. The van der Waals surface area contributed by atoms with E-state index in [9.17, 15) is 4.79 Å². The molecule has 0 amide bonds. The van der Waals surface area contributed by atoms with E-state index in [0.29, 0.717) is 12.1 Å². The zero-order chi connectivity index (χ0) is 9.26. The van der Waals surface area contributed by atoms with Crippen molar-refractivity contribution in [1.29, 1.82) is 0 Å². The summed E-state index contributed by atoms with van der Waals surface area (Å²) in [5.74, 6) is 0.168. The zero-order valence-electron chi connectivity index (χ0n) is 7.58. The van der Waals surface area contributed by atoms with Crippen LogP contribution in [0.25, 0.3) is 0 Å². The predicted molar refractivity (Wildman–Crippen MR) is 52.2 cm³/mol. The fourth-order valence-electron chi connectivity index (χ4n) is 1.73. The van der Waals surface area contributed by atoms with Crippen LogP contribution >= 0.6 is 0 Å². The Morgan fingerprint density at radius 2 is 2.00 bits per heavy atom. The van der Waals surface area contributed by atoms with Crippen LogP contribution in [0.1, 0.15) is 17.5 Å². The van der Waals surface area contributed by atoms with Crippen LogP contribution in [0, 0.1) is 0 Å². The van der Waals surface area contributed by atoms with Crippen LogP contribution < -0.4 is 0 Å². The van der Waals surface area contributed by atoms with E-state index in [0.717, 1.165) is 12.0 Å². The first-order valence-corrected chi connectivity index (χ1v) is 4.41. The molecule has 0 aliphatic heterocycles. The van der Waals surface area contributed by atoms with Gasteiger partial charge in [0, 0.05) is 19.0 Å². The molecule has 0 saturated carbocycles. The van der Waals surface area contributed by atoms with E-state index in [2.05, 4.69) is 11.1 Å². The van der Waals surface area contributed by atoms with Crippen LogP contribution in [0.4, 0.5) is 0 Å². The van der Waals surface area contributed by atoms with Crippen LogP contribution in [0.15, 0.2) is 29.3 Å². The van der Waals surface area contributed by atoms with Gasteiger partial charge in [0.15, 0.2) is 5.78 Å². The highest BCUT2D eigenvalue weighted by molar-refractivity contribution is 6.47. The normalized spacial score (nSPS) is 18.8. The second-order valence-corrected chi connectivity index (χ2v) is 3.15. The van der Waals surface area contributed by atoms with Crippen LogP contribution in [-0.4, -0.2) is 18.5 Å². The number of rotatable bonds is 0. The van der Waals surface area contributed by atoms with Gasteiger partial charge in [-0.25, -0.2) is 0 Å². The highest BCUT2D eigenvalue weighted by Gasteiger charge is 2.21. The number of aliphatic imine (C=N–C) groups is 1. The number of nitrogens with zero attached hydrogens (tertiary/aromatic N) is 1. The van der Waals surface area contributed by atoms with E-state index in [1.165, 1.54) is 5.56 Å². The molecule has 1 aromatic carbocycles. The molecule has 1 aromatic rings. The summed E-state index contributed by atoms with van der Waals surface area (Å²) >= 11 is 0. The Morgan fingerprint density at radius 1 is 1.23 bits per heavy atom. The van der Waals surface area contributed by atoms with Crippen molar-refractivity contribution in [2.75, 3.05) is 7.05 Å². The average Bonchev–Trinajstić information content (AvgIpc) is 2.18. The molecule has 0 N–H and O–H groups in total. The molecule has 2 rings (SSSR count). The van der Waals surface area contributed by atoms with E-state index in [1.54, 1.807) is 7.05 Å². The lowest BCUT2D eigenvalue weighted by molar-refractivity contribution is -0.113. The maximum Gasteiger partial charge on any atom is 0.181 e. The van der Waals surface area contributed by atoms with Gasteiger partial charge in [-0.3, -0.25) is 9.79 Å². The number of carbonyl (C=O) groups excluding carboxylic acids is 1. The minimum absolute atomic E-state index is 0.168. The van der Waals surface area contributed by atoms with E-state index in [-0.39, 0.29) is 5.78 Å². The molecule has 0 bridgehead atoms. The van der Waals surface area contributed by atoms with Crippen molar-refractivity contribution in [1.82, 2.24) is 0 Å². The maximum atomic E-state index is 11.5. The number of hydrogen-bond donors (Lipinski definition) is 0. The number of fused-ring (bicyclic) bond motifs is 1. The molecule has 2 nitrogen and oxygen atoms in total. The Hall–Kier alpha value is -1.44. The Labute approximate surface area is 77.3 Å². The average molecular weight is 173 g/mol. The molecule has 2 heteroatoms. The molecule has 0 unspecified atom stereocenters. The lowest BCUT2D eigenvalue weighted by Crippen LogP contribution is -2.22.